The average Bonchev–Trinajstić information content (AvgIpc) is 2.66. The van der Waals surface area contributed by atoms with Gasteiger partial charge in [-0.1, -0.05) is 11.3 Å². The van der Waals surface area contributed by atoms with Crippen molar-refractivity contribution in [2.24, 2.45) is 0 Å². The summed E-state index contributed by atoms with van der Waals surface area (Å²) in [5.41, 5.74) is 0.750. The van der Waals surface area contributed by atoms with Crippen molar-refractivity contribution in [3.8, 4) is 5.69 Å². The molecule has 70 valence electrons. The van der Waals surface area contributed by atoms with Gasteiger partial charge in [0.25, 0.3) is 0 Å². The van der Waals surface area contributed by atoms with Crippen LogP contribution in [0.1, 0.15) is 10.5 Å². The average molecular weight is 191 g/mol. The van der Waals surface area contributed by atoms with Crippen LogP contribution < -0.4 is 0 Å². The van der Waals surface area contributed by atoms with E-state index in [0.29, 0.717) is 12.0 Å². The first-order valence-electron chi connectivity index (χ1n) is 3.93. The fraction of sp³-hybridized carbons (Fsp3) is 0. The van der Waals surface area contributed by atoms with E-state index in [9.17, 15) is 9.18 Å². The Morgan fingerprint density at radius 2 is 2.29 bits per heavy atom. The molecule has 5 heteroatoms. The number of aromatic nitrogens is 3. The number of rotatable bonds is 2. The number of aldehydes is 1. The largest absolute Gasteiger partial charge is 0.296 e. The second-order valence-electron chi connectivity index (χ2n) is 2.69. The van der Waals surface area contributed by atoms with Gasteiger partial charge in [0.1, 0.15) is 11.5 Å². The zero-order valence-electron chi connectivity index (χ0n) is 7.09. The Kier molecular flexibility index (Phi) is 2.06. The van der Waals surface area contributed by atoms with Crippen LogP contribution in [0.3, 0.4) is 0 Å². The second-order valence-corrected chi connectivity index (χ2v) is 2.69. The van der Waals surface area contributed by atoms with Gasteiger partial charge in [0.05, 0.1) is 11.9 Å². The van der Waals surface area contributed by atoms with Crippen LogP contribution in [-0.4, -0.2) is 21.3 Å². The van der Waals surface area contributed by atoms with Gasteiger partial charge < -0.3 is 0 Å². The van der Waals surface area contributed by atoms with Crippen LogP contribution in [0.25, 0.3) is 5.69 Å². The molecule has 0 aliphatic heterocycles. The number of hydrogen-bond acceptors (Lipinski definition) is 3. The summed E-state index contributed by atoms with van der Waals surface area (Å²) in [5.74, 6) is -0.356. The lowest BCUT2D eigenvalue weighted by atomic mass is 10.3. The predicted octanol–water partition coefficient (Wildman–Crippen LogP) is 1.22. The minimum atomic E-state index is -0.356. The van der Waals surface area contributed by atoms with Gasteiger partial charge in [0.2, 0.25) is 0 Å². The van der Waals surface area contributed by atoms with E-state index in [1.54, 1.807) is 12.1 Å². The lowest BCUT2D eigenvalue weighted by Crippen LogP contribution is -1.94. The smallest absolute Gasteiger partial charge is 0.171 e. The summed E-state index contributed by atoms with van der Waals surface area (Å²) in [4.78, 5) is 10.3. The van der Waals surface area contributed by atoms with E-state index in [0.717, 1.165) is 0 Å². The van der Waals surface area contributed by atoms with Crippen molar-refractivity contribution in [3.63, 3.8) is 0 Å². The third-order valence-corrected chi connectivity index (χ3v) is 1.70. The van der Waals surface area contributed by atoms with E-state index in [1.807, 2.05) is 0 Å². The van der Waals surface area contributed by atoms with Gasteiger partial charge in [0, 0.05) is 0 Å². The van der Waals surface area contributed by atoms with Crippen molar-refractivity contribution in [1.29, 1.82) is 0 Å². The van der Waals surface area contributed by atoms with Gasteiger partial charge in [-0.15, -0.1) is 5.10 Å². The van der Waals surface area contributed by atoms with Gasteiger partial charge >= 0.3 is 0 Å². The van der Waals surface area contributed by atoms with E-state index in [4.69, 9.17) is 0 Å². The lowest BCUT2D eigenvalue weighted by molar-refractivity contribution is 0.111. The fourth-order valence-corrected chi connectivity index (χ4v) is 1.08. The number of benzene rings is 1. The number of nitrogens with zero attached hydrogens (tertiary/aromatic N) is 3. The molecule has 0 atom stereocenters. The van der Waals surface area contributed by atoms with Crippen LogP contribution in [0.4, 0.5) is 4.39 Å². The Balaban J connectivity index is 2.43. The number of carbonyl (C=O) groups excluding carboxylic acids is 1. The topological polar surface area (TPSA) is 47.8 Å². The molecule has 4 nitrogen and oxygen atoms in total. The molecular formula is C9H6FN3O. The Labute approximate surface area is 79.0 Å². The number of hydrogen-bond donors (Lipinski definition) is 0. The molecule has 0 bridgehead atoms. The van der Waals surface area contributed by atoms with Crippen molar-refractivity contribution in [3.05, 3.63) is 42.0 Å². The highest BCUT2D eigenvalue weighted by Gasteiger charge is 2.01. The van der Waals surface area contributed by atoms with Crippen molar-refractivity contribution in [2.75, 3.05) is 0 Å². The van der Waals surface area contributed by atoms with Crippen molar-refractivity contribution in [2.45, 2.75) is 0 Å². The highest BCUT2D eigenvalue weighted by Crippen LogP contribution is 2.07. The molecule has 0 radical (unpaired) electrons. The molecule has 0 fully saturated rings. The predicted molar refractivity (Wildman–Crippen MR) is 46.7 cm³/mol. The van der Waals surface area contributed by atoms with Gasteiger partial charge in [-0.25, -0.2) is 9.07 Å². The zero-order valence-corrected chi connectivity index (χ0v) is 7.09. The normalized spacial score (nSPS) is 10.1. The molecule has 0 aliphatic rings. The molecule has 1 aromatic carbocycles. The monoisotopic (exact) mass is 191 g/mol. The van der Waals surface area contributed by atoms with Gasteiger partial charge in [0.15, 0.2) is 6.29 Å². The maximum atomic E-state index is 12.8. The minimum Gasteiger partial charge on any atom is -0.296 e. The lowest BCUT2D eigenvalue weighted by Gasteiger charge is -1.98. The van der Waals surface area contributed by atoms with Crippen LogP contribution >= 0.6 is 0 Å². The Bertz CT molecular complexity index is 467. The molecule has 0 aliphatic carbocycles. The van der Waals surface area contributed by atoms with Gasteiger partial charge in [-0.3, -0.25) is 4.79 Å². The molecular weight excluding hydrogens is 185 g/mol. The minimum absolute atomic E-state index is 0.217. The summed E-state index contributed by atoms with van der Waals surface area (Å²) in [6.07, 6.45) is 2.02. The summed E-state index contributed by atoms with van der Waals surface area (Å²) in [5, 5.41) is 7.23. The van der Waals surface area contributed by atoms with Crippen molar-refractivity contribution >= 4 is 6.29 Å². The summed E-state index contributed by atoms with van der Waals surface area (Å²) < 4.78 is 14.2. The molecule has 0 saturated heterocycles. The molecule has 14 heavy (non-hydrogen) atoms. The number of halogens is 1. The number of carbonyl (C=O) groups is 1. The van der Waals surface area contributed by atoms with Crippen molar-refractivity contribution < 1.29 is 9.18 Å². The van der Waals surface area contributed by atoms with Crippen LogP contribution in [0.15, 0.2) is 30.5 Å². The van der Waals surface area contributed by atoms with Crippen LogP contribution in [0, 0.1) is 5.82 Å². The fourth-order valence-electron chi connectivity index (χ4n) is 1.08. The van der Waals surface area contributed by atoms with E-state index >= 15 is 0 Å². The second kappa shape index (κ2) is 3.37. The van der Waals surface area contributed by atoms with Gasteiger partial charge in [-0.05, 0) is 18.2 Å². The molecule has 0 N–H and O–H groups in total. The maximum absolute atomic E-state index is 12.8. The molecule has 1 heterocycles. The zero-order chi connectivity index (χ0) is 9.97. The Hall–Kier alpha value is -2.04. The molecule has 2 rings (SSSR count). The highest BCUT2D eigenvalue weighted by molar-refractivity contribution is 5.70. The van der Waals surface area contributed by atoms with Crippen LogP contribution in [0.5, 0.6) is 0 Å². The van der Waals surface area contributed by atoms with Crippen molar-refractivity contribution in [1.82, 2.24) is 15.0 Å². The van der Waals surface area contributed by atoms with Crippen LogP contribution in [-0.2, 0) is 0 Å². The molecule has 0 amide bonds. The molecule has 2 aromatic rings. The molecule has 1 aromatic heterocycles. The van der Waals surface area contributed by atoms with Crippen LogP contribution in [0.2, 0.25) is 0 Å². The first kappa shape index (κ1) is 8.55. The molecule has 0 saturated carbocycles. The highest BCUT2D eigenvalue weighted by atomic mass is 19.1. The molecule has 0 spiro atoms. The van der Waals surface area contributed by atoms with E-state index in [1.165, 1.54) is 23.0 Å². The third-order valence-electron chi connectivity index (χ3n) is 1.70. The van der Waals surface area contributed by atoms with E-state index < -0.39 is 0 Å². The Morgan fingerprint density at radius 3 is 2.93 bits per heavy atom. The standard InChI is InChI=1S/C9H6FN3O/c10-7-2-1-3-9(4-7)13-5-8(6-14)11-12-13/h1-6H. The van der Waals surface area contributed by atoms with Gasteiger partial charge in [-0.2, -0.15) is 0 Å². The quantitative estimate of drug-likeness (QED) is 0.670. The summed E-state index contributed by atoms with van der Waals surface area (Å²) in [6.45, 7) is 0. The van der Waals surface area contributed by atoms with E-state index in [2.05, 4.69) is 10.3 Å². The first-order chi connectivity index (χ1) is 6.79. The van der Waals surface area contributed by atoms with E-state index in [-0.39, 0.29) is 11.5 Å². The summed E-state index contributed by atoms with van der Waals surface area (Å²) in [7, 11) is 0. The maximum Gasteiger partial charge on any atom is 0.171 e. The SMILES string of the molecule is O=Cc1cn(-c2cccc(F)c2)nn1. The Morgan fingerprint density at radius 1 is 1.43 bits per heavy atom. The molecule has 0 unspecified atom stereocenters. The summed E-state index contributed by atoms with van der Waals surface area (Å²) >= 11 is 0. The summed E-state index contributed by atoms with van der Waals surface area (Å²) in [6, 6.07) is 5.88. The third kappa shape index (κ3) is 1.52. The first-order valence-corrected chi connectivity index (χ1v) is 3.93.